The number of carbonyl (C=O) groups excluding carboxylic acids is 1. The van der Waals surface area contributed by atoms with Gasteiger partial charge < -0.3 is 14.9 Å². The average Bonchev–Trinajstić information content (AvgIpc) is 2.38. The van der Waals surface area contributed by atoms with E-state index in [0.717, 1.165) is 0 Å². The Balaban J connectivity index is 2.87. The number of hydrogen-bond acceptors (Lipinski definition) is 5. The van der Waals surface area contributed by atoms with Crippen molar-refractivity contribution in [1.29, 1.82) is 5.26 Å². The van der Waals surface area contributed by atoms with Crippen molar-refractivity contribution in [3.05, 3.63) is 34.3 Å². The molecule has 2 unspecified atom stereocenters. The van der Waals surface area contributed by atoms with Crippen molar-refractivity contribution in [3.8, 4) is 6.07 Å². The molecule has 0 bridgehead atoms. The van der Waals surface area contributed by atoms with Crippen LogP contribution in [0.25, 0.3) is 0 Å². The quantitative estimate of drug-likeness (QED) is 0.801. The molecule has 0 saturated carbocycles. The summed E-state index contributed by atoms with van der Waals surface area (Å²) in [6.45, 7) is 0. The summed E-state index contributed by atoms with van der Waals surface area (Å²) in [7, 11) is 1.19. The van der Waals surface area contributed by atoms with Crippen LogP contribution < -0.4 is 0 Å². The zero-order valence-electron chi connectivity index (χ0n) is 9.63. The fraction of sp³-hybridized carbons (Fsp3) is 0.333. The Labute approximate surface area is 109 Å². The number of esters is 1. The van der Waals surface area contributed by atoms with E-state index in [1.807, 2.05) is 6.07 Å². The molecule has 0 saturated heterocycles. The number of carbonyl (C=O) groups is 1. The minimum Gasteiger partial charge on any atom is -0.469 e. The molecule has 0 aliphatic rings. The fourth-order valence-corrected chi connectivity index (χ4v) is 1.56. The van der Waals surface area contributed by atoms with Gasteiger partial charge in [0.25, 0.3) is 0 Å². The molecule has 2 N–H and O–H groups in total. The van der Waals surface area contributed by atoms with E-state index < -0.39 is 18.2 Å². The first-order chi connectivity index (χ1) is 8.49. The molecule has 0 radical (unpaired) electrons. The molecule has 0 aliphatic heterocycles. The summed E-state index contributed by atoms with van der Waals surface area (Å²) in [6.07, 6.45) is -2.92. The Morgan fingerprint density at radius 3 is 2.78 bits per heavy atom. The maximum absolute atomic E-state index is 11.0. The second-order valence-corrected chi connectivity index (χ2v) is 4.05. The van der Waals surface area contributed by atoms with Gasteiger partial charge in [0.2, 0.25) is 0 Å². The Morgan fingerprint density at radius 2 is 2.22 bits per heavy atom. The summed E-state index contributed by atoms with van der Waals surface area (Å²) < 4.78 is 4.39. The van der Waals surface area contributed by atoms with Crippen molar-refractivity contribution in [2.45, 2.75) is 18.6 Å². The van der Waals surface area contributed by atoms with Gasteiger partial charge in [0.15, 0.2) is 0 Å². The smallest absolute Gasteiger partial charge is 0.308 e. The van der Waals surface area contributed by atoms with Crippen molar-refractivity contribution in [1.82, 2.24) is 0 Å². The number of aliphatic hydroxyl groups is 2. The molecule has 6 heteroatoms. The SMILES string of the molecule is COC(=O)CC(O)C(O)c1ccc(Cl)c(C#N)c1. The lowest BCUT2D eigenvalue weighted by Crippen LogP contribution is -2.22. The van der Waals surface area contributed by atoms with E-state index in [1.165, 1.54) is 25.3 Å². The standard InChI is InChI=1S/C12H12ClNO4/c1-18-11(16)5-10(15)12(17)7-2-3-9(13)8(4-7)6-14/h2-4,10,12,15,17H,5H2,1H3. The Morgan fingerprint density at radius 1 is 1.56 bits per heavy atom. The van der Waals surface area contributed by atoms with E-state index in [1.54, 1.807) is 0 Å². The van der Waals surface area contributed by atoms with Crippen LogP contribution in [-0.4, -0.2) is 29.4 Å². The number of ether oxygens (including phenoxy) is 1. The van der Waals surface area contributed by atoms with Crippen LogP contribution >= 0.6 is 11.6 Å². The van der Waals surface area contributed by atoms with Crippen LogP contribution in [0, 0.1) is 11.3 Å². The molecule has 1 rings (SSSR count). The van der Waals surface area contributed by atoms with Gasteiger partial charge in [-0.25, -0.2) is 0 Å². The largest absolute Gasteiger partial charge is 0.469 e. The minimum atomic E-state index is -1.30. The van der Waals surface area contributed by atoms with Crippen LogP contribution in [0.2, 0.25) is 5.02 Å². The first kappa shape index (κ1) is 14.5. The fourth-order valence-electron chi connectivity index (χ4n) is 1.40. The molecule has 0 fully saturated rings. The van der Waals surface area contributed by atoms with Crippen molar-refractivity contribution in [2.24, 2.45) is 0 Å². The second kappa shape index (κ2) is 6.36. The highest BCUT2D eigenvalue weighted by atomic mass is 35.5. The lowest BCUT2D eigenvalue weighted by Gasteiger charge is -2.17. The van der Waals surface area contributed by atoms with Gasteiger partial charge in [-0.1, -0.05) is 17.7 Å². The summed E-state index contributed by atoms with van der Waals surface area (Å²) >= 11 is 5.75. The lowest BCUT2D eigenvalue weighted by molar-refractivity contribution is -0.144. The van der Waals surface area contributed by atoms with Crippen LogP contribution in [0.4, 0.5) is 0 Å². The molecule has 2 atom stereocenters. The third-order valence-corrected chi connectivity index (χ3v) is 2.75. The van der Waals surface area contributed by atoms with Crippen LogP contribution in [-0.2, 0) is 9.53 Å². The van der Waals surface area contributed by atoms with E-state index in [-0.39, 0.29) is 17.0 Å². The average molecular weight is 270 g/mol. The molecule has 0 aromatic heterocycles. The highest BCUT2D eigenvalue weighted by Gasteiger charge is 2.22. The van der Waals surface area contributed by atoms with E-state index >= 15 is 0 Å². The zero-order chi connectivity index (χ0) is 13.7. The predicted octanol–water partition coefficient (Wildman–Crippen LogP) is 1.17. The van der Waals surface area contributed by atoms with E-state index in [0.29, 0.717) is 5.56 Å². The van der Waals surface area contributed by atoms with Crippen LogP contribution in [0.3, 0.4) is 0 Å². The molecule has 1 aromatic rings. The van der Waals surface area contributed by atoms with Crippen molar-refractivity contribution in [2.75, 3.05) is 7.11 Å². The number of nitriles is 1. The van der Waals surface area contributed by atoms with Crippen LogP contribution in [0.1, 0.15) is 23.7 Å². The number of halogens is 1. The lowest BCUT2D eigenvalue weighted by atomic mass is 10.0. The summed E-state index contributed by atoms with van der Waals surface area (Å²) in [5, 5.41) is 28.5. The highest BCUT2D eigenvalue weighted by molar-refractivity contribution is 6.31. The Hall–Kier alpha value is -1.61. The van der Waals surface area contributed by atoms with Crippen molar-refractivity contribution >= 4 is 17.6 Å². The van der Waals surface area contributed by atoms with E-state index in [4.69, 9.17) is 16.9 Å². The normalized spacial score (nSPS) is 13.5. The van der Waals surface area contributed by atoms with Gasteiger partial charge in [0, 0.05) is 0 Å². The van der Waals surface area contributed by atoms with Crippen LogP contribution in [0.15, 0.2) is 18.2 Å². The number of benzene rings is 1. The molecule has 18 heavy (non-hydrogen) atoms. The maximum Gasteiger partial charge on any atom is 0.308 e. The first-order valence-corrected chi connectivity index (χ1v) is 5.50. The topological polar surface area (TPSA) is 90.6 Å². The first-order valence-electron chi connectivity index (χ1n) is 5.12. The van der Waals surface area contributed by atoms with Crippen molar-refractivity contribution < 1.29 is 19.7 Å². The molecule has 0 aliphatic carbocycles. The minimum absolute atomic E-state index is 0.193. The summed E-state index contributed by atoms with van der Waals surface area (Å²) in [5.41, 5.74) is 0.505. The van der Waals surface area contributed by atoms with E-state index in [9.17, 15) is 15.0 Å². The van der Waals surface area contributed by atoms with Gasteiger partial charge in [0.05, 0.1) is 30.2 Å². The summed E-state index contributed by atoms with van der Waals surface area (Å²) in [5.74, 6) is -0.629. The Kier molecular flexibility index (Phi) is 5.10. The molecule has 0 spiro atoms. The van der Waals surface area contributed by atoms with Crippen molar-refractivity contribution in [3.63, 3.8) is 0 Å². The van der Waals surface area contributed by atoms with Gasteiger partial charge in [-0.2, -0.15) is 5.26 Å². The highest BCUT2D eigenvalue weighted by Crippen LogP contribution is 2.24. The molecular weight excluding hydrogens is 258 g/mol. The number of rotatable bonds is 4. The van der Waals surface area contributed by atoms with Crippen LogP contribution in [0.5, 0.6) is 0 Å². The molecule has 0 amide bonds. The molecule has 0 heterocycles. The second-order valence-electron chi connectivity index (χ2n) is 3.64. The van der Waals surface area contributed by atoms with Gasteiger partial charge in [-0.05, 0) is 17.7 Å². The third kappa shape index (κ3) is 3.44. The zero-order valence-corrected chi connectivity index (χ0v) is 10.4. The molecule has 1 aromatic carbocycles. The van der Waals surface area contributed by atoms with Gasteiger partial charge in [0.1, 0.15) is 12.2 Å². The summed E-state index contributed by atoms with van der Waals surface area (Å²) in [6, 6.07) is 6.16. The maximum atomic E-state index is 11.0. The predicted molar refractivity (Wildman–Crippen MR) is 63.8 cm³/mol. The molecule has 96 valence electrons. The molecular formula is C12H12ClNO4. The number of nitrogens with zero attached hydrogens (tertiary/aromatic N) is 1. The number of hydrogen-bond donors (Lipinski definition) is 2. The van der Waals surface area contributed by atoms with E-state index in [2.05, 4.69) is 4.74 Å². The number of aliphatic hydroxyl groups excluding tert-OH is 2. The van der Waals surface area contributed by atoms with Gasteiger partial charge in [-0.3, -0.25) is 4.79 Å². The Bertz CT molecular complexity index is 483. The third-order valence-electron chi connectivity index (χ3n) is 2.42. The van der Waals surface area contributed by atoms with Gasteiger partial charge in [-0.15, -0.1) is 0 Å². The molecule has 5 nitrogen and oxygen atoms in total. The number of methoxy groups -OCH3 is 1. The summed E-state index contributed by atoms with van der Waals surface area (Å²) in [4.78, 5) is 11.0. The monoisotopic (exact) mass is 269 g/mol. The van der Waals surface area contributed by atoms with Gasteiger partial charge >= 0.3 is 5.97 Å².